The highest BCUT2D eigenvalue weighted by atomic mass is 16.1. The van der Waals surface area contributed by atoms with Crippen molar-refractivity contribution in [3.63, 3.8) is 0 Å². The van der Waals surface area contributed by atoms with Crippen LogP contribution in [-0.2, 0) is 0 Å². The second-order valence-corrected chi connectivity index (χ2v) is 2.60. The predicted molar refractivity (Wildman–Crippen MR) is 47.5 cm³/mol. The van der Waals surface area contributed by atoms with Crippen LogP contribution in [0.5, 0.6) is 0 Å². The van der Waals surface area contributed by atoms with E-state index in [2.05, 4.69) is 15.2 Å². The Labute approximate surface area is 74.9 Å². The zero-order valence-electron chi connectivity index (χ0n) is 6.93. The molecule has 0 fully saturated rings. The molecule has 0 aliphatic carbocycles. The molecule has 0 saturated carbocycles. The van der Waals surface area contributed by atoms with Gasteiger partial charge >= 0.3 is 0 Å². The van der Waals surface area contributed by atoms with Gasteiger partial charge in [0.25, 0.3) is 5.56 Å². The van der Waals surface area contributed by atoms with Gasteiger partial charge in [-0.1, -0.05) is 0 Å². The van der Waals surface area contributed by atoms with Crippen LogP contribution in [0.4, 0.5) is 0 Å². The molecule has 6 heteroatoms. The first kappa shape index (κ1) is 7.91. The topological polar surface area (TPSA) is 60.7 Å². The highest BCUT2D eigenvalue weighted by molar-refractivity contribution is 6.07. The zero-order chi connectivity index (χ0) is 9.42. The van der Waals surface area contributed by atoms with Gasteiger partial charge in [0.2, 0.25) is 7.98 Å². The van der Waals surface area contributed by atoms with Crippen LogP contribution in [0.2, 0.25) is 0 Å². The summed E-state index contributed by atoms with van der Waals surface area (Å²) in [4.78, 5) is 15.5. The smallest absolute Gasteiger partial charge is 0.268 e. The number of fused-ring (bicyclic) bond motifs is 1. The molecule has 0 unspecified atom stereocenters. The minimum atomic E-state index is -0.379. The minimum absolute atomic E-state index is 0.190. The summed E-state index contributed by atoms with van der Waals surface area (Å²) < 4.78 is 0.955. The number of aryl methyl sites for hydroxylation is 1. The lowest BCUT2D eigenvalue weighted by Crippen LogP contribution is -2.23. The molecule has 2 heterocycles. The van der Waals surface area contributed by atoms with Gasteiger partial charge in [-0.2, -0.15) is 5.10 Å². The van der Waals surface area contributed by atoms with Gasteiger partial charge in [0, 0.05) is 0 Å². The first-order valence-corrected chi connectivity index (χ1v) is 3.66. The van der Waals surface area contributed by atoms with Crippen molar-refractivity contribution in [1.29, 1.82) is 0 Å². The Balaban J connectivity index is 3.03. The van der Waals surface area contributed by atoms with Crippen LogP contribution in [0.1, 0.15) is 5.82 Å². The maximum Gasteiger partial charge on any atom is 0.268 e. The molecule has 0 amide bonds. The Bertz CT molecular complexity index is 521. The lowest BCUT2D eigenvalue weighted by atomic mass is 10.3. The molecule has 2 aromatic heterocycles. The molecule has 0 saturated heterocycles. The molecule has 0 N–H and O–H groups in total. The van der Waals surface area contributed by atoms with Gasteiger partial charge in [-0.3, -0.25) is 4.79 Å². The van der Waals surface area contributed by atoms with E-state index < -0.39 is 0 Å². The third kappa shape index (κ3) is 1.10. The fraction of sp³-hybridized carbons (Fsp3) is 0.143. The van der Waals surface area contributed by atoms with Crippen LogP contribution in [0, 0.1) is 6.92 Å². The Kier molecular flexibility index (Phi) is 1.61. The van der Waals surface area contributed by atoms with E-state index in [4.69, 9.17) is 7.98 Å². The molecule has 2 radical (unpaired) electrons. The van der Waals surface area contributed by atoms with Crippen molar-refractivity contribution in [2.45, 2.75) is 6.92 Å². The summed E-state index contributed by atoms with van der Waals surface area (Å²) >= 11 is 0. The molecule has 2 rings (SSSR count). The van der Waals surface area contributed by atoms with Crippen molar-refractivity contribution in [1.82, 2.24) is 19.7 Å². The molecule has 13 heavy (non-hydrogen) atoms. The standard InChI is InChI=1S/C7H5BN4O/c1-4-10-5-2-3-9-11-6(5)7(13)12(4)8/h2-3H,1H3. The van der Waals surface area contributed by atoms with E-state index in [0.29, 0.717) is 11.3 Å². The van der Waals surface area contributed by atoms with Crippen LogP contribution < -0.4 is 5.56 Å². The first-order chi connectivity index (χ1) is 6.20. The molecule has 62 valence electrons. The Morgan fingerprint density at radius 3 is 3.08 bits per heavy atom. The second-order valence-electron chi connectivity index (χ2n) is 2.60. The largest absolute Gasteiger partial charge is 0.353 e. The van der Waals surface area contributed by atoms with Crippen LogP contribution in [-0.4, -0.2) is 27.6 Å². The predicted octanol–water partition coefficient (Wildman–Crippen LogP) is -0.573. The number of aromatic nitrogens is 4. The summed E-state index contributed by atoms with van der Waals surface area (Å²) in [6.07, 6.45) is 1.48. The molecule has 5 nitrogen and oxygen atoms in total. The molecule has 0 spiro atoms. The van der Waals surface area contributed by atoms with Gasteiger partial charge in [0.15, 0.2) is 5.52 Å². The van der Waals surface area contributed by atoms with Gasteiger partial charge in [0.1, 0.15) is 0 Å². The number of rotatable bonds is 0. The fourth-order valence-electron chi connectivity index (χ4n) is 1.06. The quantitative estimate of drug-likeness (QED) is 0.499. The van der Waals surface area contributed by atoms with Crippen LogP contribution in [0.15, 0.2) is 17.1 Å². The summed E-state index contributed by atoms with van der Waals surface area (Å²) in [5.74, 6) is 0.450. The lowest BCUT2D eigenvalue weighted by Gasteiger charge is -2.02. The molecular weight excluding hydrogens is 167 g/mol. The molecule has 0 aliphatic heterocycles. The highest BCUT2D eigenvalue weighted by Crippen LogP contribution is 2.00. The van der Waals surface area contributed by atoms with E-state index in [1.807, 2.05) is 0 Å². The maximum absolute atomic E-state index is 11.4. The third-order valence-electron chi connectivity index (χ3n) is 1.75. The number of hydrogen-bond acceptors (Lipinski definition) is 4. The van der Waals surface area contributed by atoms with Crippen molar-refractivity contribution in [2.75, 3.05) is 0 Å². The van der Waals surface area contributed by atoms with E-state index in [1.165, 1.54) is 6.20 Å². The van der Waals surface area contributed by atoms with Gasteiger partial charge in [-0.15, -0.1) is 5.10 Å². The molecule has 0 aliphatic rings. The average Bonchev–Trinajstić information content (AvgIpc) is 2.15. The Hall–Kier alpha value is -1.72. The molecule has 2 aromatic rings. The Morgan fingerprint density at radius 2 is 2.31 bits per heavy atom. The average molecular weight is 172 g/mol. The second kappa shape index (κ2) is 2.65. The maximum atomic E-state index is 11.4. The lowest BCUT2D eigenvalue weighted by molar-refractivity contribution is 0.956. The molecular formula is C7H5BN4O. The van der Waals surface area contributed by atoms with Crippen molar-refractivity contribution in [3.05, 3.63) is 28.4 Å². The highest BCUT2D eigenvalue weighted by Gasteiger charge is 2.04. The summed E-state index contributed by atoms with van der Waals surface area (Å²) in [6.45, 7) is 1.65. The summed E-state index contributed by atoms with van der Waals surface area (Å²) in [5, 5.41) is 7.24. The molecule has 0 atom stereocenters. The molecule has 0 aromatic carbocycles. The third-order valence-corrected chi connectivity index (χ3v) is 1.75. The number of nitrogens with zero attached hydrogens (tertiary/aromatic N) is 4. The first-order valence-electron chi connectivity index (χ1n) is 3.66. The van der Waals surface area contributed by atoms with Crippen molar-refractivity contribution < 1.29 is 0 Å². The monoisotopic (exact) mass is 172 g/mol. The zero-order valence-corrected chi connectivity index (χ0v) is 6.93. The van der Waals surface area contributed by atoms with E-state index >= 15 is 0 Å². The normalized spacial score (nSPS) is 10.5. The van der Waals surface area contributed by atoms with E-state index in [9.17, 15) is 4.79 Å². The summed E-state index contributed by atoms with van der Waals surface area (Å²) in [5.41, 5.74) is 0.324. The number of hydrogen-bond donors (Lipinski definition) is 0. The van der Waals surface area contributed by atoms with Gasteiger partial charge in [-0.25, -0.2) is 4.98 Å². The van der Waals surface area contributed by atoms with Crippen LogP contribution in [0.3, 0.4) is 0 Å². The fourth-order valence-corrected chi connectivity index (χ4v) is 1.06. The van der Waals surface area contributed by atoms with Crippen molar-refractivity contribution >= 4 is 19.0 Å². The summed E-state index contributed by atoms with van der Waals surface area (Å²) in [6, 6.07) is 1.62. The molecule has 0 bridgehead atoms. The van der Waals surface area contributed by atoms with Gasteiger partial charge in [0.05, 0.1) is 17.5 Å². The minimum Gasteiger partial charge on any atom is -0.353 e. The van der Waals surface area contributed by atoms with Gasteiger partial charge in [-0.05, 0) is 13.0 Å². The van der Waals surface area contributed by atoms with E-state index in [-0.39, 0.29) is 11.1 Å². The van der Waals surface area contributed by atoms with E-state index in [0.717, 1.165) is 4.48 Å². The SMILES string of the molecule is [B]n1c(C)nc2ccnnc2c1=O. The van der Waals surface area contributed by atoms with E-state index in [1.54, 1.807) is 13.0 Å². The van der Waals surface area contributed by atoms with Gasteiger partial charge < -0.3 is 4.48 Å². The van der Waals surface area contributed by atoms with Crippen molar-refractivity contribution in [2.24, 2.45) is 0 Å². The van der Waals surface area contributed by atoms with Crippen molar-refractivity contribution in [3.8, 4) is 0 Å². The van der Waals surface area contributed by atoms with Crippen LogP contribution >= 0.6 is 0 Å². The summed E-state index contributed by atoms with van der Waals surface area (Å²) in [7, 11) is 5.42. The van der Waals surface area contributed by atoms with Crippen LogP contribution in [0.25, 0.3) is 11.0 Å². The Morgan fingerprint density at radius 1 is 1.54 bits per heavy atom.